The second-order valence-electron chi connectivity index (χ2n) is 7.73. The van der Waals surface area contributed by atoms with Crippen LogP contribution in [-0.4, -0.2) is 52.3 Å². The number of H-pyrrole nitrogens is 1. The highest BCUT2D eigenvalue weighted by Crippen LogP contribution is 2.42. The zero-order chi connectivity index (χ0) is 16.6. The van der Waals surface area contributed by atoms with Crippen molar-refractivity contribution in [2.24, 2.45) is 5.41 Å². The van der Waals surface area contributed by atoms with Crippen molar-refractivity contribution >= 4 is 11.8 Å². The number of carbonyl (C=O) groups is 2. The van der Waals surface area contributed by atoms with Gasteiger partial charge in [-0.25, -0.2) is 0 Å². The first kappa shape index (κ1) is 15.7. The molecule has 2 aliphatic heterocycles. The monoisotopic (exact) mass is 329 g/mol. The summed E-state index contributed by atoms with van der Waals surface area (Å²) < 4.78 is 0. The van der Waals surface area contributed by atoms with E-state index in [1.807, 2.05) is 17.0 Å². The highest BCUT2D eigenvalue weighted by atomic mass is 16.2. The van der Waals surface area contributed by atoms with Gasteiger partial charge in [-0.2, -0.15) is 0 Å². The quantitative estimate of drug-likeness (QED) is 0.907. The van der Waals surface area contributed by atoms with Gasteiger partial charge in [-0.3, -0.25) is 9.59 Å². The lowest BCUT2D eigenvalue weighted by molar-refractivity contribution is -0.149. The van der Waals surface area contributed by atoms with Gasteiger partial charge in [-0.05, 0) is 44.2 Å². The van der Waals surface area contributed by atoms with Gasteiger partial charge in [0, 0.05) is 31.9 Å². The highest BCUT2D eigenvalue weighted by molar-refractivity contribution is 5.94. The highest BCUT2D eigenvalue weighted by Gasteiger charge is 2.50. The summed E-state index contributed by atoms with van der Waals surface area (Å²) in [5.41, 5.74) is 0.303. The maximum Gasteiger partial charge on any atom is 0.270 e. The molecule has 3 heterocycles. The lowest BCUT2D eigenvalue weighted by Gasteiger charge is -2.44. The summed E-state index contributed by atoms with van der Waals surface area (Å²) in [7, 11) is 0. The fraction of sp³-hybridized carbons (Fsp3) is 0.684. The van der Waals surface area contributed by atoms with E-state index in [1.165, 1.54) is 19.3 Å². The van der Waals surface area contributed by atoms with Crippen LogP contribution < -0.4 is 0 Å². The molecule has 5 heteroatoms. The molecular weight excluding hydrogens is 302 g/mol. The van der Waals surface area contributed by atoms with Crippen molar-refractivity contribution in [2.75, 3.05) is 19.6 Å². The molecule has 5 nitrogen and oxygen atoms in total. The van der Waals surface area contributed by atoms with Crippen molar-refractivity contribution in [3.63, 3.8) is 0 Å². The summed E-state index contributed by atoms with van der Waals surface area (Å²) >= 11 is 0. The van der Waals surface area contributed by atoms with E-state index >= 15 is 0 Å². The second kappa shape index (κ2) is 6.26. The van der Waals surface area contributed by atoms with Crippen LogP contribution in [0.15, 0.2) is 18.3 Å². The van der Waals surface area contributed by atoms with E-state index in [1.54, 1.807) is 6.20 Å². The third-order valence-electron chi connectivity index (χ3n) is 6.25. The number of nitrogens with one attached hydrogen (secondary N) is 1. The van der Waals surface area contributed by atoms with Gasteiger partial charge in [0.15, 0.2) is 0 Å². The summed E-state index contributed by atoms with van der Waals surface area (Å²) in [5.74, 6) is 0.349. The Morgan fingerprint density at radius 1 is 1.12 bits per heavy atom. The number of hydrogen-bond donors (Lipinski definition) is 1. The first-order valence-electron chi connectivity index (χ1n) is 9.43. The average molecular weight is 329 g/mol. The molecule has 1 saturated carbocycles. The van der Waals surface area contributed by atoms with Gasteiger partial charge in [0.2, 0.25) is 5.91 Å². The molecule has 130 valence electrons. The predicted octanol–water partition coefficient (Wildman–Crippen LogP) is 2.80. The van der Waals surface area contributed by atoms with Gasteiger partial charge in [0.05, 0.1) is 5.41 Å². The van der Waals surface area contributed by atoms with E-state index in [0.717, 1.165) is 38.6 Å². The number of amides is 2. The topological polar surface area (TPSA) is 56.4 Å². The molecule has 2 saturated heterocycles. The molecular formula is C19H27N3O2. The lowest BCUT2D eigenvalue weighted by Crippen LogP contribution is -2.54. The van der Waals surface area contributed by atoms with Crippen LogP contribution in [0.25, 0.3) is 0 Å². The van der Waals surface area contributed by atoms with Crippen LogP contribution in [0.1, 0.15) is 61.9 Å². The van der Waals surface area contributed by atoms with Crippen molar-refractivity contribution in [3.8, 4) is 0 Å². The standard InChI is InChI=1S/C19H27N3O2/c23-17(16-8-4-11-20-16)21-13-10-19(14-21)9-5-12-22(18(19)24)15-6-2-1-3-7-15/h4,8,11,15,20H,1-3,5-7,9-10,12-14H2/t19-/m1/s1. The van der Waals surface area contributed by atoms with Crippen molar-refractivity contribution in [1.82, 2.24) is 14.8 Å². The molecule has 0 bridgehead atoms. The van der Waals surface area contributed by atoms with Crippen molar-refractivity contribution in [2.45, 2.75) is 57.4 Å². The molecule has 1 spiro atoms. The maximum absolute atomic E-state index is 13.3. The summed E-state index contributed by atoms with van der Waals surface area (Å²) in [6.07, 6.45) is 10.7. The van der Waals surface area contributed by atoms with Gasteiger partial charge < -0.3 is 14.8 Å². The van der Waals surface area contributed by atoms with Gasteiger partial charge in [0.1, 0.15) is 5.69 Å². The number of carbonyl (C=O) groups excluding carboxylic acids is 2. The van der Waals surface area contributed by atoms with Crippen LogP contribution in [0.5, 0.6) is 0 Å². The zero-order valence-corrected chi connectivity index (χ0v) is 14.3. The number of piperidine rings is 1. The van der Waals surface area contributed by atoms with E-state index < -0.39 is 0 Å². The van der Waals surface area contributed by atoms with E-state index in [0.29, 0.717) is 30.7 Å². The Bertz CT molecular complexity index is 606. The largest absolute Gasteiger partial charge is 0.357 e. The molecule has 0 unspecified atom stereocenters. The Kier molecular flexibility index (Phi) is 4.10. The zero-order valence-electron chi connectivity index (χ0n) is 14.3. The van der Waals surface area contributed by atoms with Crippen molar-refractivity contribution < 1.29 is 9.59 Å². The van der Waals surface area contributed by atoms with E-state index in [4.69, 9.17) is 0 Å². The average Bonchev–Trinajstić information content (AvgIpc) is 3.29. The lowest BCUT2D eigenvalue weighted by atomic mass is 9.77. The first-order chi connectivity index (χ1) is 11.7. The van der Waals surface area contributed by atoms with Crippen LogP contribution in [0.4, 0.5) is 0 Å². The molecule has 2 amide bonds. The fourth-order valence-corrected chi connectivity index (χ4v) is 4.90. The molecule has 3 fully saturated rings. The van der Waals surface area contributed by atoms with Gasteiger partial charge in [-0.1, -0.05) is 19.3 Å². The normalized spacial score (nSPS) is 28.8. The van der Waals surface area contributed by atoms with Crippen molar-refractivity contribution in [1.29, 1.82) is 0 Å². The number of rotatable bonds is 2. The van der Waals surface area contributed by atoms with Gasteiger partial charge in [0.25, 0.3) is 5.91 Å². The van der Waals surface area contributed by atoms with Crippen LogP contribution in [0.3, 0.4) is 0 Å². The molecule has 3 aliphatic rings. The second-order valence-corrected chi connectivity index (χ2v) is 7.73. The van der Waals surface area contributed by atoms with Crippen LogP contribution in [0.2, 0.25) is 0 Å². The molecule has 1 aromatic heterocycles. The molecule has 1 aromatic rings. The summed E-state index contributed by atoms with van der Waals surface area (Å²) in [5, 5.41) is 0. The number of aromatic amines is 1. The van der Waals surface area contributed by atoms with E-state index in [-0.39, 0.29) is 11.3 Å². The Balaban J connectivity index is 1.48. The molecule has 0 aromatic carbocycles. The SMILES string of the molecule is O=C(c1ccc[nH]1)N1CC[C@]2(CCCN(C3CCCCC3)C2=O)C1. The Labute approximate surface area is 143 Å². The summed E-state index contributed by atoms with van der Waals surface area (Å²) in [4.78, 5) is 32.9. The molecule has 0 radical (unpaired) electrons. The number of nitrogens with zero attached hydrogens (tertiary/aromatic N) is 2. The maximum atomic E-state index is 13.3. The number of hydrogen-bond acceptors (Lipinski definition) is 2. The molecule has 4 rings (SSSR count). The Morgan fingerprint density at radius 2 is 1.96 bits per heavy atom. The first-order valence-corrected chi connectivity index (χ1v) is 9.43. The Hall–Kier alpha value is -1.78. The van der Waals surface area contributed by atoms with E-state index in [9.17, 15) is 9.59 Å². The molecule has 1 atom stereocenters. The number of aromatic nitrogens is 1. The van der Waals surface area contributed by atoms with E-state index in [2.05, 4.69) is 9.88 Å². The van der Waals surface area contributed by atoms with Crippen LogP contribution >= 0.6 is 0 Å². The number of likely N-dealkylation sites (tertiary alicyclic amines) is 2. The van der Waals surface area contributed by atoms with Gasteiger partial charge >= 0.3 is 0 Å². The minimum atomic E-state index is -0.321. The minimum absolute atomic E-state index is 0.0273. The Morgan fingerprint density at radius 3 is 2.71 bits per heavy atom. The van der Waals surface area contributed by atoms with Crippen LogP contribution in [0, 0.1) is 5.41 Å². The predicted molar refractivity (Wildman–Crippen MR) is 91.6 cm³/mol. The third kappa shape index (κ3) is 2.64. The smallest absolute Gasteiger partial charge is 0.270 e. The molecule has 1 aliphatic carbocycles. The van der Waals surface area contributed by atoms with Crippen LogP contribution in [-0.2, 0) is 4.79 Å². The molecule has 1 N–H and O–H groups in total. The van der Waals surface area contributed by atoms with Crippen molar-refractivity contribution in [3.05, 3.63) is 24.0 Å². The molecule has 24 heavy (non-hydrogen) atoms. The minimum Gasteiger partial charge on any atom is -0.357 e. The summed E-state index contributed by atoms with van der Waals surface area (Å²) in [6, 6.07) is 4.09. The fourth-order valence-electron chi connectivity index (χ4n) is 4.90. The van der Waals surface area contributed by atoms with Gasteiger partial charge in [-0.15, -0.1) is 0 Å². The third-order valence-corrected chi connectivity index (χ3v) is 6.25. The summed E-state index contributed by atoms with van der Waals surface area (Å²) in [6.45, 7) is 2.20.